The molecule has 2 heteroatoms. The predicted octanol–water partition coefficient (Wildman–Crippen LogP) is 8.20. The van der Waals surface area contributed by atoms with E-state index in [1.165, 1.54) is 12.8 Å². The second kappa shape index (κ2) is 7.26. The van der Waals surface area contributed by atoms with Gasteiger partial charge in [0.2, 0.25) is 0 Å². The first-order valence-electron chi connectivity index (χ1n) is 11.7. The third-order valence-corrected chi connectivity index (χ3v) is 7.78. The lowest BCUT2D eigenvalue weighted by Gasteiger charge is -2.57. The lowest BCUT2D eigenvalue weighted by molar-refractivity contribution is -0.462. The zero-order valence-corrected chi connectivity index (χ0v) is 21.2. The van der Waals surface area contributed by atoms with Crippen LogP contribution in [0.5, 0.6) is 0 Å². The molecule has 0 bridgehead atoms. The lowest BCUT2D eigenvalue weighted by Crippen LogP contribution is -2.58. The summed E-state index contributed by atoms with van der Waals surface area (Å²) in [5.74, 6) is 1.30. The third kappa shape index (κ3) is 4.97. The molecule has 2 rings (SSSR count). The van der Waals surface area contributed by atoms with E-state index >= 15 is 0 Å². The van der Waals surface area contributed by atoms with Crippen LogP contribution < -0.4 is 0 Å². The summed E-state index contributed by atoms with van der Waals surface area (Å²) in [4.78, 5) is 13.5. The molecule has 2 aliphatic carbocycles. The van der Waals surface area contributed by atoms with Crippen molar-refractivity contribution < 1.29 is 9.78 Å². The zero-order valence-electron chi connectivity index (χ0n) is 21.2. The molecular formula is C26H50O2. The molecule has 2 fully saturated rings. The van der Waals surface area contributed by atoms with Gasteiger partial charge in [-0.05, 0) is 72.0 Å². The minimum Gasteiger partial charge on any atom is -0.229 e. The molecule has 0 aromatic rings. The normalized spacial score (nSPS) is 39.0. The van der Waals surface area contributed by atoms with Gasteiger partial charge < -0.3 is 0 Å². The molecular weight excluding hydrogens is 344 g/mol. The van der Waals surface area contributed by atoms with Gasteiger partial charge in [-0.3, -0.25) is 0 Å². The maximum Gasteiger partial charge on any atom is 0.109 e. The van der Waals surface area contributed by atoms with Crippen molar-refractivity contribution in [1.82, 2.24) is 0 Å². The summed E-state index contributed by atoms with van der Waals surface area (Å²) in [7, 11) is 0. The molecule has 4 unspecified atom stereocenters. The average Bonchev–Trinajstić information content (AvgIpc) is 2.38. The van der Waals surface area contributed by atoms with Crippen LogP contribution in [0.4, 0.5) is 0 Å². The van der Waals surface area contributed by atoms with E-state index in [1.54, 1.807) is 0 Å². The van der Waals surface area contributed by atoms with Gasteiger partial charge in [0.1, 0.15) is 11.2 Å². The minimum absolute atomic E-state index is 0.0355. The molecule has 166 valence electrons. The van der Waals surface area contributed by atoms with Crippen LogP contribution in [-0.4, -0.2) is 11.2 Å². The molecule has 0 aliphatic heterocycles. The van der Waals surface area contributed by atoms with Crippen molar-refractivity contribution in [2.24, 2.45) is 33.5 Å². The molecule has 0 aromatic carbocycles. The van der Waals surface area contributed by atoms with Crippen LogP contribution in [0.25, 0.3) is 0 Å². The fourth-order valence-corrected chi connectivity index (χ4v) is 6.67. The second-order valence-corrected chi connectivity index (χ2v) is 14.4. The Balaban J connectivity index is 2.39. The SMILES string of the molecule is CC1CC(C)(C)CC(OOC2(C(C)(C)C)CC(C)CC(C)(C)C2)(C(C)(C)C)C1. The highest BCUT2D eigenvalue weighted by atomic mass is 17.2. The van der Waals surface area contributed by atoms with Gasteiger partial charge in [0.05, 0.1) is 0 Å². The molecule has 2 aliphatic rings. The molecule has 0 saturated heterocycles. The molecule has 0 radical (unpaired) electrons. The number of hydrogen-bond donors (Lipinski definition) is 0. The predicted molar refractivity (Wildman–Crippen MR) is 120 cm³/mol. The van der Waals surface area contributed by atoms with Crippen molar-refractivity contribution >= 4 is 0 Å². The van der Waals surface area contributed by atoms with Crippen LogP contribution in [0.3, 0.4) is 0 Å². The van der Waals surface area contributed by atoms with Crippen LogP contribution in [0, 0.1) is 33.5 Å². The summed E-state index contributed by atoms with van der Waals surface area (Å²) in [6.45, 7) is 28.4. The van der Waals surface area contributed by atoms with Crippen molar-refractivity contribution in [2.45, 2.75) is 133 Å². The van der Waals surface area contributed by atoms with Gasteiger partial charge in [-0.15, -0.1) is 0 Å². The summed E-state index contributed by atoms with van der Waals surface area (Å²) in [6.07, 6.45) is 6.82. The molecule has 0 aromatic heterocycles. The van der Waals surface area contributed by atoms with Crippen molar-refractivity contribution in [2.75, 3.05) is 0 Å². The van der Waals surface area contributed by atoms with Gasteiger partial charge in [0.15, 0.2) is 0 Å². The van der Waals surface area contributed by atoms with Gasteiger partial charge >= 0.3 is 0 Å². The molecule has 0 spiro atoms. The first-order valence-corrected chi connectivity index (χ1v) is 11.7. The third-order valence-electron chi connectivity index (χ3n) is 7.78. The van der Waals surface area contributed by atoms with E-state index in [2.05, 4.69) is 83.1 Å². The number of rotatable bonds is 3. The molecule has 0 amide bonds. The van der Waals surface area contributed by atoms with Gasteiger partial charge in [-0.2, -0.15) is 0 Å². The highest BCUT2D eigenvalue weighted by molar-refractivity contribution is 5.03. The van der Waals surface area contributed by atoms with Crippen molar-refractivity contribution in [3.05, 3.63) is 0 Å². The monoisotopic (exact) mass is 394 g/mol. The first kappa shape index (κ1) is 24.2. The van der Waals surface area contributed by atoms with E-state index in [-0.39, 0.29) is 32.9 Å². The second-order valence-electron chi connectivity index (χ2n) is 14.4. The molecule has 28 heavy (non-hydrogen) atoms. The molecule has 2 nitrogen and oxygen atoms in total. The van der Waals surface area contributed by atoms with Crippen LogP contribution in [0.2, 0.25) is 0 Å². The maximum atomic E-state index is 6.75. The van der Waals surface area contributed by atoms with Crippen molar-refractivity contribution in [3.63, 3.8) is 0 Å². The largest absolute Gasteiger partial charge is 0.229 e. The summed E-state index contributed by atoms with van der Waals surface area (Å²) in [6, 6.07) is 0. The van der Waals surface area contributed by atoms with E-state index in [1.807, 2.05) is 0 Å². The Kier molecular flexibility index (Phi) is 6.27. The summed E-state index contributed by atoms with van der Waals surface area (Å²) < 4.78 is 0. The van der Waals surface area contributed by atoms with Crippen LogP contribution >= 0.6 is 0 Å². The van der Waals surface area contributed by atoms with Gasteiger partial charge in [0.25, 0.3) is 0 Å². The molecule has 2 saturated carbocycles. The Hall–Kier alpha value is -0.0800. The van der Waals surface area contributed by atoms with Crippen LogP contribution in [0.15, 0.2) is 0 Å². The minimum atomic E-state index is -0.239. The summed E-state index contributed by atoms with van der Waals surface area (Å²) in [5.41, 5.74) is 0.154. The average molecular weight is 395 g/mol. The Labute approximate surface area is 176 Å². The summed E-state index contributed by atoms with van der Waals surface area (Å²) in [5, 5.41) is 0. The van der Waals surface area contributed by atoms with E-state index in [4.69, 9.17) is 9.78 Å². The zero-order chi connectivity index (χ0) is 21.8. The smallest absolute Gasteiger partial charge is 0.109 e. The van der Waals surface area contributed by atoms with Crippen LogP contribution in [-0.2, 0) is 9.78 Å². The maximum absolute atomic E-state index is 6.75. The standard InChI is InChI=1S/C26H50O2/c1-19-13-23(9,10)17-25(15-19,21(3,4)5)27-28-26(22(6,7)8)16-20(2)14-24(11,12)18-26/h19-20H,13-18H2,1-12H3. The topological polar surface area (TPSA) is 18.5 Å². The quantitative estimate of drug-likeness (QED) is 0.355. The van der Waals surface area contributed by atoms with Gasteiger partial charge in [-0.1, -0.05) is 83.1 Å². The Morgan fingerprint density at radius 1 is 0.571 bits per heavy atom. The lowest BCUT2D eigenvalue weighted by atomic mass is 9.58. The van der Waals surface area contributed by atoms with Crippen molar-refractivity contribution in [1.29, 1.82) is 0 Å². The Morgan fingerprint density at radius 2 is 0.857 bits per heavy atom. The Morgan fingerprint density at radius 3 is 1.07 bits per heavy atom. The fourth-order valence-electron chi connectivity index (χ4n) is 6.67. The summed E-state index contributed by atoms with van der Waals surface area (Å²) >= 11 is 0. The number of hydrogen-bond acceptors (Lipinski definition) is 2. The molecule has 0 heterocycles. The van der Waals surface area contributed by atoms with Crippen LogP contribution in [0.1, 0.15) is 122 Å². The molecule has 4 atom stereocenters. The van der Waals surface area contributed by atoms with E-state index < -0.39 is 0 Å². The van der Waals surface area contributed by atoms with Gasteiger partial charge in [-0.25, -0.2) is 9.78 Å². The fraction of sp³-hybridized carbons (Fsp3) is 1.00. The Bertz CT molecular complexity index is 498. The van der Waals surface area contributed by atoms with Crippen molar-refractivity contribution in [3.8, 4) is 0 Å². The van der Waals surface area contributed by atoms with E-state index in [0.29, 0.717) is 11.8 Å². The van der Waals surface area contributed by atoms with Gasteiger partial charge in [0, 0.05) is 0 Å². The first-order chi connectivity index (χ1) is 12.3. The van der Waals surface area contributed by atoms with E-state index in [9.17, 15) is 0 Å². The highest BCUT2D eigenvalue weighted by Crippen LogP contribution is 2.57. The molecule has 0 N–H and O–H groups in total. The van der Waals surface area contributed by atoms with E-state index in [0.717, 1.165) is 25.7 Å². The highest BCUT2D eigenvalue weighted by Gasteiger charge is 2.56.